The van der Waals surface area contributed by atoms with Crippen molar-refractivity contribution in [3.63, 3.8) is 0 Å². The van der Waals surface area contributed by atoms with E-state index in [0.717, 1.165) is 0 Å². The highest BCUT2D eigenvalue weighted by molar-refractivity contribution is 8.76. The first-order valence-electron chi connectivity index (χ1n) is 11.2. The summed E-state index contributed by atoms with van der Waals surface area (Å²) in [5.74, 6) is -0.678. The lowest BCUT2D eigenvalue weighted by atomic mass is 9.96. The minimum absolute atomic E-state index is 0.0536. The number of hydrogen-bond donors (Lipinski definition) is 5. The molecule has 200 valence electrons. The van der Waals surface area contributed by atoms with Crippen LogP contribution in [0.2, 0.25) is 0 Å². The molecule has 3 atom stereocenters. The van der Waals surface area contributed by atoms with Gasteiger partial charge in [0.15, 0.2) is 17.5 Å². The van der Waals surface area contributed by atoms with Crippen LogP contribution < -0.4 is 22.1 Å². The van der Waals surface area contributed by atoms with Crippen molar-refractivity contribution in [2.24, 2.45) is 22.4 Å². The number of carboxylic acid groups (broad SMARTS) is 1. The largest absolute Gasteiger partial charge is 0.505 e. The second-order valence-corrected chi connectivity index (χ2v) is 10.5. The molecule has 12 nitrogen and oxygen atoms in total. The molecule has 2 amide bonds. The van der Waals surface area contributed by atoms with E-state index in [1.165, 1.54) is 28.5 Å². The van der Waals surface area contributed by atoms with Gasteiger partial charge in [-0.2, -0.15) is 0 Å². The molecule has 3 unspecified atom stereocenters. The van der Waals surface area contributed by atoms with Crippen LogP contribution in [0.5, 0.6) is 0 Å². The number of carbonyl (C=O) groups is 5. The number of amides is 2. The van der Waals surface area contributed by atoms with E-state index in [4.69, 9.17) is 16.6 Å². The average molecular weight is 536 g/mol. The number of ketones is 2. The predicted molar refractivity (Wildman–Crippen MR) is 137 cm³/mol. The second-order valence-electron chi connectivity index (χ2n) is 7.83. The van der Waals surface area contributed by atoms with E-state index in [1.54, 1.807) is 13.8 Å². The summed E-state index contributed by atoms with van der Waals surface area (Å²) in [6.07, 6.45) is 0.328. The van der Waals surface area contributed by atoms with Gasteiger partial charge in [0.25, 0.3) is 0 Å². The van der Waals surface area contributed by atoms with Gasteiger partial charge in [-0.1, -0.05) is 28.5 Å². The van der Waals surface area contributed by atoms with Gasteiger partial charge >= 0.3 is 6.16 Å². The maximum atomic E-state index is 12.7. The van der Waals surface area contributed by atoms with Crippen molar-refractivity contribution in [1.29, 1.82) is 0 Å². The highest BCUT2D eigenvalue weighted by Crippen LogP contribution is 2.22. The van der Waals surface area contributed by atoms with Crippen molar-refractivity contribution < 1.29 is 33.8 Å². The van der Waals surface area contributed by atoms with E-state index < -0.39 is 30.1 Å². The smallest absolute Gasteiger partial charge is 0.450 e. The van der Waals surface area contributed by atoms with Gasteiger partial charge in [0, 0.05) is 43.7 Å². The number of nitrogens with two attached hydrogens (primary N) is 2. The van der Waals surface area contributed by atoms with Crippen LogP contribution in [0.4, 0.5) is 4.79 Å². The fourth-order valence-electron chi connectivity index (χ4n) is 2.84. The number of guanidine groups is 1. The summed E-state index contributed by atoms with van der Waals surface area (Å²) >= 11 is 0. The number of aliphatic imine (C=N–C) groups is 1. The minimum atomic E-state index is -1.30. The molecule has 0 aromatic carbocycles. The number of rotatable bonds is 19. The maximum absolute atomic E-state index is 12.7. The summed E-state index contributed by atoms with van der Waals surface area (Å²) < 4.78 is 4.39. The zero-order valence-corrected chi connectivity index (χ0v) is 22.0. The molecule has 0 bridgehead atoms. The van der Waals surface area contributed by atoms with Gasteiger partial charge in [-0.05, 0) is 26.2 Å². The topological polar surface area (TPSA) is 203 Å². The molecule has 0 saturated heterocycles. The number of nitrogens with zero attached hydrogens (tertiary/aromatic N) is 1. The van der Waals surface area contributed by atoms with Crippen molar-refractivity contribution >= 4 is 57.1 Å². The molecular weight excluding hydrogens is 498 g/mol. The van der Waals surface area contributed by atoms with Gasteiger partial charge in [0.2, 0.25) is 11.8 Å². The van der Waals surface area contributed by atoms with Crippen LogP contribution in [-0.4, -0.2) is 77.3 Å². The van der Waals surface area contributed by atoms with E-state index in [9.17, 15) is 24.0 Å². The van der Waals surface area contributed by atoms with Crippen LogP contribution in [0.3, 0.4) is 0 Å². The van der Waals surface area contributed by atoms with Crippen LogP contribution in [0.15, 0.2) is 4.99 Å². The summed E-state index contributed by atoms with van der Waals surface area (Å²) in [6.45, 7) is 4.93. The Morgan fingerprint density at radius 2 is 1.66 bits per heavy atom. The quantitative estimate of drug-likeness (QED) is 0.0520. The average Bonchev–Trinajstić information content (AvgIpc) is 2.76. The fourth-order valence-corrected chi connectivity index (χ4v) is 4.75. The summed E-state index contributed by atoms with van der Waals surface area (Å²) in [7, 11) is 2.98. The Kier molecular flexibility index (Phi) is 17.5. The first-order valence-corrected chi connectivity index (χ1v) is 13.7. The van der Waals surface area contributed by atoms with Crippen LogP contribution in [0, 0.1) is 5.92 Å². The molecule has 35 heavy (non-hydrogen) atoms. The van der Waals surface area contributed by atoms with Gasteiger partial charge in [-0.25, -0.2) is 4.79 Å². The molecule has 0 aliphatic heterocycles. The lowest BCUT2D eigenvalue weighted by molar-refractivity contribution is -0.132. The number of nitrogens with one attached hydrogen (secondary N) is 2. The maximum Gasteiger partial charge on any atom is 0.505 e. The third-order valence-corrected chi connectivity index (χ3v) is 7.09. The zero-order valence-electron chi connectivity index (χ0n) is 20.4. The van der Waals surface area contributed by atoms with E-state index in [0.29, 0.717) is 37.3 Å². The van der Waals surface area contributed by atoms with Gasteiger partial charge in [0.05, 0.1) is 12.1 Å². The van der Waals surface area contributed by atoms with E-state index in [2.05, 4.69) is 20.4 Å². The number of ether oxygens (including phenoxy) is 1. The Morgan fingerprint density at radius 1 is 1.00 bits per heavy atom. The first-order chi connectivity index (χ1) is 16.4. The van der Waals surface area contributed by atoms with Crippen molar-refractivity contribution in [3.8, 4) is 0 Å². The van der Waals surface area contributed by atoms with Crippen LogP contribution in [0.1, 0.15) is 52.9 Å². The molecule has 0 aromatic rings. The molecule has 0 aromatic heterocycles. The monoisotopic (exact) mass is 535 g/mol. The normalized spacial score (nSPS) is 13.1. The summed E-state index contributed by atoms with van der Waals surface area (Å²) in [6, 6.07) is -1.44. The van der Waals surface area contributed by atoms with Crippen molar-refractivity contribution in [2.45, 2.75) is 65.0 Å². The van der Waals surface area contributed by atoms with Gasteiger partial charge in [-0.3, -0.25) is 24.2 Å². The number of carbonyl (C=O) groups excluding carboxylic acids is 4. The Morgan fingerprint density at radius 3 is 2.26 bits per heavy atom. The third-order valence-electron chi connectivity index (χ3n) is 4.63. The Balaban J connectivity index is 4.39. The molecule has 0 heterocycles. The number of hydrogen-bond acceptors (Lipinski definition) is 9. The van der Waals surface area contributed by atoms with E-state index >= 15 is 0 Å². The Labute approximate surface area is 213 Å². The predicted octanol–water partition coefficient (Wildman–Crippen LogP) is 1.07. The van der Waals surface area contributed by atoms with Crippen LogP contribution in [-0.2, 0) is 23.9 Å². The highest BCUT2D eigenvalue weighted by Gasteiger charge is 2.25. The molecule has 0 aliphatic carbocycles. The zero-order chi connectivity index (χ0) is 26.8. The summed E-state index contributed by atoms with van der Waals surface area (Å²) in [5.41, 5.74) is 10.5. The summed E-state index contributed by atoms with van der Waals surface area (Å²) in [5, 5.41) is 13.6. The lowest BCUT2D eigenvalue weighted by Crippen LogP contribution is -2.44. The van der Waals surface area contributed by atoms with Gasteiger partial charge < -0.3 is 31.9 Å². The molecule has 0 saturated carbocycles. The Hall–Kier alpha value is -2.48. The minimum Gasteiger partial charge on any atom is -0.450 e. The second kappa shape index (κ2) is 18.8. The molecule has 7 N–H and O–H groups in total. The van der Waals surface area contributed by atoms with Gasteiger partial charge in [-0.15, -0.1) is 0 Å². The van der Waals surface area contributed by atoms with Crippen LogP contribution in [0.25, 0.3) is 0 Å². The molecule has 14 heteroatoms. The lowest BCUT2D eigenvalue weighted by Gasteiger charge is -2.20. The molecular formula is C21H37N5O7S2. The summed E-state index contributed by atoms with van der Waals surface area (Å²) in [4.78, 5) is 63.0. The van der Waals surface area contributed by atoms with Crippen molar-refractivity contribution in [2.75, 3.05) is 24.7 Å². The SMILES string of the molecule is CC(=O)NC(CCCN=C(N)N)C(=O)CC(C)C(=O)NC(C)C(=O)CCCSSCCOC(=O)O. The van der Waals surface area contributed by atoms with Gasteiger partial charge in [0.1, 0.15) is 6.61 Å². The fraction of sp³-hybridized carbons (Fsp3) is 0.714. The molecule has 0 fully saturated rings. The Bertz CT molecular complexity index is 748. The molecule has 0 rings (SSSR count). The molecule has 0 aliphatic rings. The van der Waals surface area contributed by atoms with Crippen LogP contribution >= 0.6 is 21.6 Å². The standard InChI is InChI=1S/C21H37N5O7S2/c1-13(12-18(29)16(26-15(3)27)6-4-8-24-20(22)23)19(30)25-14(2)17(28)7-5-10-34-35-11-9-33-21(31)32/h13-14,16H,4-12H2,1-3H3,(H,25,30)(H,26,27)(H,31,32)(H4,22,23,24). The molecule has 0 spiro atoms. The first kappa shape index (κ1) is 32.5. The molecule has 0 radical (unpaired) electrons. The van der Waals surface area contributed by atoms with E-state index in [-0.39, 0.29) is 42.9 Å². The van der Waals surface area contributed by atoms with Crippen molar-refractivity contribution in [3.05, 3.63) is 0 Å². The highest BCUT2D eigenvalue weighted by atomic mass is 33.1. The van der Waals surface area contributed by atoms with E-state index in [1.807, 2.05) is 0 Å². The van der Waals surface area contributed by atoms with Crippen molar-refractivity contribution in [1.82, 2.24) is 10.6 Å². The number of Topliss-reactive ketones (excluding diaryl/α,β-unsaturated/α-hetero) is 2. The third kappa shape index (κ3) is 17.6.